The molecule has 24 heavy (non-hydrogen) atoms. The predicted molar refractivity (Wildman–Crippen MR) is 97.3 cm³/mol. The van der Waals surface area contributed by atoms with Crippen molar-refractivity contribution in [1.29, 1.82) is 0 Å². The van der Waals surface area contributed by atoms with E-state index in [2.05, 4.69) is 15.6 Å². The van der Waals surface area contributed by atoms with Gasteiger partial charge in [0.05, 0.1) is 23.1 Å². The van der Waals surface area contributed by atoms with Gasteiger partial charge in [-0.15, -0.1) is 0 Å². The minimum Gasteiger partial charge on any atom is -0.493 e. The number of nitrogens with one attached hydrogen (secondary N) is 2. The van der Waals surface area contributed by atoms with Crippen LogP contribution in [0.15, 0.2) is 29.3 Å². The van der Waals surface area contributed by atoms with Gasteiger partial charge in [-0.25, -0.2) is 8.42 Å². The summed E-state index contributed by atoms with van der Waals surface area (Å²) in [5.41, 5.74) is 1.09. The van der Waals surface area contributed by atoms with E-state index in [0.717, 1.165) is 17.7 Å². The lowest BCUT2D eigenvalue weighted by molar-refractivity contribution is 0.261. The highest BCUT2D eigenvalue weighted by molar-refractivity contribution is 7.92. The normalized spacial score (nSPS) is 18.5. The van der Waals surface area contributed by atoms with Gasteiger partial charge in [0, 0.05) is 25.6 Å². The van der Waals surface area contributed by atoms with Gasteiger partial charge in [-0.1, -0.05) is 18.2 Å². The molecule has 6 nitrogen and oxygen atoms in total. The van der Waals surface area contributed by atoms with Crippen molar-refractivity contribution in [3.63, 3.8) is 0 Å². The van der Waals surface area contributed by atoms with Crippen molar-refractivity contribution in [2.45, 2.75) is 38.0 Å². The number of benzene rings is 1. The minimum atomic E-state index is -3.15. The lowest BCUT2D eigenvalue weighted by atomic mass is 10.0. The molecule has 7 heteroatoms. The largest absolute Gasteiger partial charge is 0.493 e. The first-order chi connectivity index (χ1) is 11.2. The summed E-state index contributed by atoms with van der Waals surface area (Å²) in [7, 11) is -1.47. The lowest BCUT2D eigenvalue weighted by Gasteiger charge is -2.28. The highest BCUT2D eigenvalue weighted by atomic mass is 32.2. The standard InChI is InChI=1S/C17H27N3O3S/c1-17(2,3)24(21,22)12-10-19-16(18-4)20-14-9-11-23-15-8-6-5-7-13(14)15/h5-8,14H,9-12H2,1-4H3,(H2,18,19,20). The maximum atomic E-state index is 12.2. The van der Waals surface area contributed by atoms with Gasteiger partial charge in [-0.2, -0.15) is 0 Å². The molecule has 1 aliphatic rings. The van der Waals surface area contributed by atoms with E-state index < -0.39 is 14.6 Å². The molecule has 1 heterocycles. The third-order valence-corrected chi connectivity index (χ3v) is 6.70. The third kappa shape index (κ3) is 4.41. The second-order valence-corrected chi connectivity index (χ2v) is 9.66. The summed E-state index contributed by atoms with van der Waals surface area (Å²) in [6, 6.07) is 8.01. The molecule has 0 aliphatic carbocycles. The molecule has 0 bridgehead atoms. The van der Waals surface area contributed by atoms with Crippen molar-refractivity contribution in [2.75, 3.05) is 26.0 Å². The van der Waals surface area contributed by atoms with Crippen LogP contribution in [0.2, 0.25) is 0 Å². The van der Waals surface area contributed by atoms with Crippen LogP contribution in [0.5, 0.6) is 5.75 Å². The van der Waals surface area contributed by atoms with Crippen LogP contribution in [0.25, 0.3) is 0 Å². The summed E-state index contributed by atoms with van der Waals surface area (Å²) in [6.07, 6.45) is 0.831. The molecule has 0 saturated heterocycles. The molecule has 2 N–H and O–H groups in total. The van der Waals surface area contributed by atoms with E-state index in [1.165, 1.54) is 0 Å². The minimum absolute atomic E-state index is 0.0710. The SMILES string of the molecule is CN=C(NCCS(=O)(=O)C(C)(C)C)NC1CCOc2ccccc21. The van der Waals surface area contributed by atoms with E-state index in [-0.39, 0.29) is 11.8 Å². The molecule has 0 radical (unpaired) electrons. The van der Waals surface area contributed by atoms with Gasteiger partial charge < -0.3 is 15.4 Å². The van der Waals surface area contributed by atoms with Gasteiger partial charge in [0.2, 0.25) is 0 Å². The van der Waals surface area contributed by atoms with Crippen LogP contribution >= 0.6 is 0 Å². The number of hydrogen-bond acceptors (Lipinski definition) is 4. The van der Waals surface area contributed by atoms with Crippen molar-refractivity contribution < 1.29 is 13.2 Å². The molecule has 2 rings (SSSR count). The second-order valence-electron chi connectivity index (χ2n) is 6.80. The Morgan fingerprint density at radius 2 is 2.04 bits per heavy atom. The average molecular weight is 353 g/mol. The molecule has 1 aromatic carbocycles. The third-order valence-electron chi connectivity index (χ3n) is 4.09. The fraction of sp³-hybridized carbons (Fsp3) is 0.588. The first-order valence-electron chi connectivity index (χ1n) is 8.16. The molecule has 1 unspecified atom stereocenters. The van der Waals surface area contributed by atoms with Crippen LogP contribution < -0.4 is 15.4 Å². The molecular formula is C17H27N3O3S. The highest BCUT2D eigenvalue weighted by Gasteiger charge is 2.28. The molecule has 1 aromatic rings. The summed E-state index contributed by atoms with van der Waals surface area (Å²) in [6.45, 7) is 6.12. The fourth-order valence-corrected chi connectivity index (χ4v) is 3.44. The number of nitrogens with zero attached hydrogens (tertiary/aromatic N) is 1. The number of sulfone groups is 1. The van der Waals surface area contributed by atoms with Gasteiger partial charge in [0.1, 0.15) is 5.75 Å². The summed E-state index contributed by atoms with van der Waals surface area (Å²) < 4.78 is 29.2. The van der Waals surface area contributed by atoms with Crippen molar-refractivity contribution >= 4 is 15.8 Å². The van der Waals surface area contributed by atoms with Crippen molar-refractivity contribution in [1.82, 2.24) is 10.6 Å². The van der Waals surface area contributed by atoms with Crippen LogP contribution in [0.3, 0.4) is 0 Å². The van der Waals surface area contributed by atoms with Gasteiger partial charge >= 0.3 is 0 Å². The van der Waals surface area contributed by atoms with Crippen molar-refractivity contribution in [2.24, 2.45) is 4.99 Å². The molecule has 0 fully saturated rings. The number of fused-ring (bicyclic) bond motifs is 1. The Morgan fingerprint density at radius 1 is 1.33 bits per heavy atom. The Hall–Kier alpha value is -1.76. The van der Waals surface area contributed by atoms with Gasteiger partial charge in [0.25, 0.3) is 0 Å². The Morgan fingerprint density at radius 3 is 2.71 bits per heavy atom. The maximum absolute atomic E-state index is 12.2. The van der Waals surface area contributed by atoms with E-state index in [1.807, 2.05) is 24.3 Å². The average Bonchev–Trinajstić information content (AvgIpc) is 2.53. The van der Waals surface area contributed by atoms with E-state index >= 15 is 0 Å². The van der Waals surface area contributed by atoms with Crippen LogP contribution in [0, 0.1) is 0 Å². The summed E-state index contributed by atoms with van der Waals surface area (Å²) in [5.74, 6) is 1.55. The Balaban J connectivity index is 1.95. The number of para-hydroxylation sites is 1. The number of guanidine groups is 1. The van der Waals surface area contributed by atoms with Crippen LogP contribution in [0.4, 0.5) is 0 Å². The summed E-state index contributed by atoms with van der Waals surface area (Å²) >= 11 is 0. The van der Waals surface area contributed by atoms with Gasteiger partial charge in [-0.3, -0.25) is 4.99 Å². The van der Waals surface area contributed by atoms with Crippen LogP contribution in [0.1, 0.15) is 38.8 Å². The molecule has 0 amide bonds. The summed E-state index contributed by atoms with van der Waals surface area (Å²) in [4.78, 5) is 4.20. The molecule has 1 atom stereocenters. The lowest BCUT2D eigenvalue weighted by Crippen LogP contribution is -2.43. The molecule has 0 spiro atoms. The Labute approximate surface area is 144 Å². The van der Waals surface area contributed by atoms with E-state index in [9.17, 15) is 8.42 Å². The smallest absolute Gasteiger partial charge is 0.191 e. The Kier molecular flexibility index (Phi) is 5.74. The first-order valence-corrected chi connectivity index (χ1v) is 9.81. The van der Waals surface area contributed by atoms with E-state index in [4.69, 9.17) is 4.74 Å². The molecule has 134 valence electrons. The van der Waals surface area contributed by atoms with Crippen molar-refractivity contribution in [3.8, 4) is 5.75 Å². The molecule has 0 saturated carbocycles. The fourth-order valence-electron chi connectivity index (χ4n) is 2.46. The van der Waals surface area contributed by atoms with Gasteiger partial charge in [-0.05, 0) is 26.8 Å². The monoisotopic (exact) mass is 353 g/mol. The highest BCUT2D eigenvalue weighted by Crippen LogP contribution is 2.31. The summed E-state index contributed by atoms with van der Waals surface area (Å²) in [5, 5.41) is 6.45. The molecular weight excluding hydrogens is 326 g/mol. The van der Waals surface area contributed by atoms with Crippen LogP contribution in [-0.4, -0.2) is 45.1 Å². The quantitative estimate of drug-likeness (QED) is 0.638. The zero-order chi connectivity index (χ0) is 17.8. The van der Waals surface area contributed by atoms with E-state index in [1.54, 1.807) is 27.8 Å². The topological polar surface area (TPSA) is 79.8 Å². The Bertz CT molecular complexity index is 693. The maximum Gasteiger partial charge on any atom is 0.191 e. The number of aliphatic imine (C=N–C) groups is 1. The number of rotatable bonds is 4. The number of ether oxygens (including phenoxy) is 1. The zero-order valence-corrected chi connectivity index (χ0v) is 15.6. The molecule has 0 aromatic heterocycles. The zero-order valence-electron chi connectivity index (χ0n) is 14.8. The first kappa shape index (κ1) is 18.6. The van der Waals surface area contributed by atoms with E-state index in [0.29, 0.717) is 19.1 Å². The predicted octanol–water partition coefficient (Wildman–Crippen LogP) is 1.89. The second kappa shape index (κ2) is 7.42. The number of hydrogen-bond donors (Lipinski definition) is 2. The molecule has 1 aliphatic heterocycles. The van der Waals surface area contributed by atoms with Crippen molar-refractivity contribution in [3.05, 3.63) is 29.8 Å². The van der Waals surface area contributed by atoms with Gasteiger partial charge in [0.15, 0.2) is 15.8 Å². The van der Waals surface area contributed by atoms with Crippen LogP contribution in [-0.2, 0) is 9.84 Å².